The number of carbonyl (C=O) groups excluding carboxylic acids is 1. The Bertz CT molecular complexity index is 495. The Morgan fingerprint density at radius 2 is 2.11 bits per heavy atom. The summed E-state index contributed by atoms with van der Waals surface area (Å²) in [7, 11) is 0. The van der Waals surface area contributed by atoms with Gasteiger partial charge in [0.15, 0.2) is 0 Å². The Morgan fingerprint density at radius 1 is 1.32 bits per heavy atom. The molecule has 4 heteroatoms. The lowest BCUT2D eigenvalue weighted by Crippen LogP contribution is -2.30. The number of hydrogen-bond donors (Lipinski definition) is 3. The van der Waals surface area contributed by atoms with Crippen molar-refractivity contribution in [3.8, 4) is 0 Å². The molecule has 0 aromatic heterocycles. The molecule has 4 nitrogen and oxygen atoms in total. The summed E-state index contributed by atoms with van der Waals surface area (Å²) in [5.41, 5.74) is 3.42. The first-order valence-electron chi connectivity index (χ1n) is 6.94. The Labute approximate surface area is 113 Å². The van der Waals surface area contributed by atoms with E-state index in [0.29, 0.717) is 6.54 Å². The summed E-state index contributed by atoms with van der Waals surface area (Å²) in [4.78, 5) is 12.1. The van der Waals surface area contributed by atoms with E-state index in [1.54, 1.807) is 0 Å². The molecular weight excluding hydrogens is 240 g/mol. The summed E-state index contributed by atoms with van der Waals surface area (Å²) >= 11 is 0. The van der Waals surface area contributed by atoms with Crippen molar-refractivity contribution in [1.82, 2.24) is 10.6 Å². The highest BCUT2D eigenvalue weighted by Gasteiger charge is 2.41. The molecule has 1 aromatic carbocycles. The highest BCUT2D eigenvalue weighted by molar-refractivity contribution is 5.94. The van der Waals surface area contributed by atoms with Crippen LogP contribution in [0.3, 0.4) is 0 Å². The summed E-state index contributed by atoms with van der Waals surface area (Å²) in [6, 6.07) is 5.91. The highest BCUT2D eigenvalue weighted by Crippen LogP contribution is 2.47. The molecule has 0 atom stereocenters. The van der Waals surface area contributed by atoms with Gasteiger partial charge in [0.25, 0.3) is 5.91 Å². The van der Waals surface area contributed by atoms with E-state index in [4.69, 9.17) is 5.11 Å². The molecule has 0 bridgehead atoms. The van der Waals surface area contributed by atoms with Crippen molar-refractivity contribution < 1.29 is 9.90 Å². The predicted octanol–water partition coefficient (Wildman–Crippen LogP) is 1.18. The topological polar surface area (TPSA) is 61.4 Å². The third-order valence-corrected chi connectivity index (χ3v) is 4.32. The molecule has 0 saturated heterocycles. The second kappa shape index (κ2) is 4.94. The fourth-order valence-corrected chi connectivity index (χ4v) is 2.73. The molecule has 0 spiro atoms. The van der Waals surface area contributed by atoms with E-state index in [9.17, 15) is 4.79 Å². The van der Waals surface area contributed by atoms with Crippen molar-refractivity contribution in [2.24, 2.45) is 5.41 Å². The van der Waals surface area contributed by atoms with Gasteiger partial charge in [0.05, 0.1) is 0 Å². The molecule has 3 N–H and O–H groups in total. The molecule has 1 aliphatic carbocycles. The van der Waals surface area contributed by atoms with Gasteiger partial charge in [-0.15, -0.1) is 0 Å². The number of nitrogens with one attached hydrogen (secondary N) is 2. The maximum Gasteiger partial charge on any atom is 0.251 e. The summed E-state index contributed by atoms with van der Waals surface area (Å²) in [6.45, 7) is 2.64. The van der Waals surface area contributed by atoms with Crippen molar-refractivity contribution >= 4 is 5.91 Å². The normalized spacial score (nSPS) is 19.0. The van der Waals surface area contributed by atoms with Crippen LogP contribution in [0.25, 0.3) is 0 Å². The van der Waals surface area contributed by atoms with Crippen LogP contribution in [0.5, 0.6) is 0 Å². The van der Waals surface area contributed by atoms with Crippen molar-refractivity contribution in [1.29, 1.82) is 0 Å². The fourth-order valence-electron chi connectivity index (χ4n) is 2.73. The third-order valence-electron chi connectivity index (χ3n) is 4.32. The highest BCUT2D eigenvalue weighted by atomic mass is 16.3. The second-order valence-corrected chi connectivity index (χ2v) is 5.74. The lowest BCUT2D eigenvalue weighted by Gasteiger charge is -2.14. The van der Waals surface area contributed by atoms with Crippen LogP contribution in [0, 0.1) is 5.41 Å². The zero-order valence-corrected chi connectivity index (χ0v) is 11.0. The van der Waals surface area contributed by atoms with Gasteiger partial charge in [-0.2, -0.15) is 0 Å². The minimum Gasteiger partial charge on any atom is -0.396 e. The first kappa shape index (κ1) is 12.6. The Kier molecular flexibility index (Phi) is 3.29. The van der Waals surface area contributed by atoms with Gasteiger partial charge in [-0.25, -0.2) is 0 Å². The quantitative estimate of drug-likeness (QED) is 0.745. The van der Waals surface area contributed by atoms with Crippen LogP contribution in [0.1, 0.15) is 40.7 Å². The predicted molar refractivity (Wildman–Crippen MR) is 72.7 cm³/mol. The first-order valence-corrected chi connectivity index (χ1v) is 6.94. The van der Waals surface area contributed by atoms with Crippen LogP contribution in [-0.4, -0.2) is 24.2 Å². The van der Waals surface area contributed by atoms with Crippen molar-refractivity contribution in [3.05, 3.63) is 34.9 Å². The number of aliphatic hydroxyl groups is 1. The number of carbonyl (C=O) groups is 1. The molecule has 19 heavy (non-hydrogen) atoms. The van der Waals surface area contributed by atoms with E-state index in [0.717, 1.165) is 37.9 Å². The molecule has 1 fully saturated rings. The second-order valence-electron chi connectivity index (χ2n) is 5.74. The Balaban J connectivity index is 1.61. The molecule has 102 valence electrons. The molecule has 1 aromatic rings. The number of fused-ring (bicyclic) bond motifs is 1. The van der Waals surface area contributed by atoms with E-state index >= 15 is 0 Å². The van der Waals surface area contributed by atoms with E-state index in [1.807, 2.05) is 18.2 Å². The average Bonchev–Trinajstić information content (AvgIpc) is 3.02. The molecule has 1 aliphatic heterocycles. The van der Waals surface area contributed by atoms with E-state index in [-0.39, 0.29) is 17.9 Å². The van der Waals surface area contributed by atoms with Gasteiger partial charge in [0.2, 0.25) is 0 Å². The summed E-state index contributed by atoms with van der Waals surface area (Å²) in [5.74, 6) is -0.00100. The number of aliphatic hydroxyl groups excluding tert-OH is 1. The Hall–Kier alpha value is -1.39. The molecule has 3 rings (SSSR count). The maximum atomic E-state index is 12.1. The van der Waals surface area contributed by atoms with E-state index < -0.39 is 0 Å². The van der Waals surface area contributed by atoms with Crippen LogP contribution in [0.2, 0.25) is 0 Å². The first-order chi connectivity index (χ1) is 9.22. The molecular formula is C15H20N2O2. The SMILES string of the molecule is O=C(NCC1(CCO)CC1)c1ccc2c(c1)CNC2. The molecule has 1 amide bonds. The monoisotopic (exact) mass is 260 g/mol. The summed E-state index contributed by atoms with van der Waals surface area (Å²) < 4.78 is 0. The average molecular weight is 260 g/mol. The van der Waals surface area contributed by atoms with Crippen molar-refractivity contribution in [2.45, 2.75) is 32.4 Å². The van der Waals surface area contributed by atoms with Gasteiger partial charge in [0.1, 0.15) is 0 Å². The minimum absolute atomic E-state index is 0.00100. The maximum absolute atomic E-state index is 12.1. The van der Waals surface area contributed by atoms with Gasteiger partial charge in [-0.1, -0.05) is 6.07 Å². The molecule has 0 radical (unpaired) electrons. The minimum atomic E-state index is -0.00100. The van der Waals surface area contributed by atoms with Crippen LogP contribution in [0.4, 0.5) is 0 Å². The standard InChI is InChI=1S/C15H20N2O2/c18-6-5-15(3-4-15)10-17-14(19)11-1-2-12-8-16-9-13(12)7-11/h1-2,7,16,18H,3-6,8-10H2,(H,17,19). The van der Waals surface area contributed by atoms with Crippen LogP contribution in [0.15, 0.2) is 18.2 Å². The lowest BCUT2D eigenvalue weighted by atomic mass is 10.0. The molecule has 2 aliphatic rings. The van der Waals surface area contributed by atoms with Gasteiger partial charge in [0, 0.05) is 31.8 Å². The number of amides is 1. The lowest BCUT2D eigenvalue weighted by molar-refractivity contribution is 0.0940. The van der Waals surface area contributed by atoms with E-state index in [1.165, 1.54) is 11.1 Å². The van der Waals surface area contributed by atoms with E-state index in [2.05, 4.69) is 10.6 Å². The largest absolute Gasteiger partial charge is 0.396 e. The zero-order valence-electron chi connectivity index (χ0n) is 11.0. The van der Waals surface area contributed by atoms with Crippen LogP contribution in [-0.2, 0) is 13.1 Å². The van der Waals surface area contributed by atoms with Crippen molar-refractivity contribution in [2.75, 3.05) is 13.2 Å². The fraction of sp³-hybridized carbons (Fsp3) is 0.533. The Morgan fingerprint density at radius 3 is 2.84 bits per heavy atom. The van der Waals surface area contributed by atoms with Gasteiger partial charge in [-0.3, -0.25) is 4.79 Å². The summed E-state index contributed by atoms with van der Waals surface area (Å²) in [6.07, 6.45) is 3.02. The molecule has 1 heterocycles. The number of benzene rings is 1. The number of hydrogen-bond acceptors (Lipinski definition) is 3. The smallest absolute Gasteiger partial charge is 0.251 e. The van der Waals surface area contributed by atoms with Gasteiger partial charge < -0.3 is 15.7 Å². The molecule has 1 saturated carbocycles. The molecule has 0 unspecified atom stereocenters. The van der Waals surface area contributed by atoms with Crippen molar-refractivity contribution in [3.63, 3.8) is 0 Å². The van der Waals surface area contributed by atoms with Crippen LogP contribution < -0.4 is 10.6 Å². The zero-order chi connectivity index (χ0) is 13.3. The number of rotatable bonds is 5. The van der Waals surface area contributed by atoms with Gasteiger partial charge >= 0.3 is 0 Å². The summed E-state index contributed by atoms with van der Waals surface area (Å²) in [5, 5.41) is 15.3. The third kappa shape index (κ3) is 2.65. The van der Waals surface area contributed by atoms with Crippen LogP contribution >= 0.6 is 0 Å². The van der Waals surface area contributed by atoms with Gasteiger partial charge in [-0.05, 0) is 47.9 Å².